The lowest BCUT2D eigenvalue weighted by molar-refractivity contribution is -0.137. The van der Waals surface area contributed by atoms with Gasteiger partial charge in [-0.25, -0.2) is 0 Å². The second-order valence-corrected chi connectivity index (χ2v) is 8.20. The van der Waals surface area contributed by atoms with E-state index in [0.717, 1.165) is 28.9 Å². The average molecular weight is 425 g/mol. The Hall–Kier alpha value is -3.08. The summed E-state index contributed by atoms with van der Waals surface area (Å²) in [6.45, 7) is 8.39. The topological polar surface area (TPSA) is 29.1 Å². The first kappa shape index (κ1) is 22.6. The van der Waals surface area contributed by atoms with Crippen LogP contribution in [0.5, 0.6) is 0 Å². The predicted molar refractivity (Wildman–Crippen MR) is 121 cm³/mol. The highest BCUT2D eigenvalue weighted by Crippen LogP contribution is 2.34. The third-order valence-electron chi connectivity index (χ3n) is 5.28. The van der Waals surface area contributed by atoms with Gasteiger partial charge in [0.1, 0.15) is 0 Å². The number of halogens is 3. The van der Waals surface area contributed by atoms with Crippen molar-refractivity contribution in [3.8, 4) is 11.1 Å². The van der Waals surface area contributed by atoms with Gasteiger partial charge in [-0.1, -0.05) is 76.2 Å². The molecule has 0 fully saturated rings. The van der Waals surface area contributed by atoms with Gasteiger partial charge in [0.05, 0.1) is 11.3 Å². The molecular formula is C26H26F3NO. The summed E-state index contributed by atoms with van der Waals surface area (Å²) in [4.78, 5) is 13.3. The summed E-state index contributed by atoms with van der Waals surface area (Å²) in [6.07, 6.45) is -4.42. The van der Waals surface area contributed by atoms with Crippen LogP contribution in [0.3, 0.4) is 0 Å². The van der Waals surface area contributed by atoms with E-state index in [-0.39, 0.29) is 17.3 Å². The van der Waals surface area contributed by atoms with E-state index in [4.69, 9.17) is 0 Å². The van der Waals surface area contributed by atoms with Crippen molar-refractivity contribution in [3.63, 3.8) is 0 Å². The van der Waals surface area contributed by atoms with Gasteiger partial charge >= 0.3 is 6.18 Å². The molecule has 0 heterocycles. The van der Waals surface area contributed by atoms with Gasteiger partial charge in [-0.05, 0) is 46.7 Å². The molecule has 162 valence electrons. The highest BCUT2D eigenvalue weighted by molar-refractivity contribution is 5.73. The van der Waals surface area contributed by atoms with Gasteiger partial charge < -0.3 is 5.32 Å². The maximum Gasteiger partial charge on any atom is 0.416 e. The molecule has 1 N–H and O–H groups in total. The van der Waals surface area contributed by atoms with Crippen LogP contribution in [0.15, 0.2) is 71.5 Å². The zero-order chi connectivity index (χ0) is 22.8. The molecule has 3 aromatic rings. The molecule has 0 aliphatic carbocycles. The van der Waals surface area contributed by atoms with Crippen LogP contribution in [0.2, 0.25) is 0 Å². The largest absolute Gasteiger partial charge is 0.416 e. The lowest BCUT2D eigenvalue weighted by Gasteiger charge is -2.20. The molecule has 0 aliphatic rings. The van der Waals surface area contributed by atoms with Crippen molar-refractivity contribution in [3.05, 3.63) is 93.6 Å². The van der Waals surface area contributed by atoms with Crippen LogP contribution in [-0.2, 0) is 6.18 Å². The van der Waals surface area contributed by atoms with E-state index in [9.17, 15) is 18.0 Å². The Morgan fingerprint density at radius 1 is 0.742 bits per heavy atom. The van der Waals surface area contributed by atoms with Gasteiger partial charge in [0.25, 0.3) is 0 Å². The first-order valence-corrected chi connectivity index (χ1v) is 10.3. The zero-order valence-corrected chi connectivity index (χ0v) is 18.0. The van der Waals surface area contributed by atoms with Crippen LogP contribution in [0.1, 0.15) is 56.2 Å². The number of hydrogen-bond donors (Lipinski definition) is 1. The lowest BCUT2D eigenvalue weighted by Crippen LogP contribution is -2.11. The number of alkyl halides is 3. The smallest absolute Gasteiger partial charge is 0.352 e. The van der Waals surface area contributed by atoms with Gasteiger partial charge in [-0.2, -0.15) is 13.2 Å². The first-order chi connectivity index (χ1) is 14.6. The third kappa shape index (κ3) is 4.98. The Morgan fingerprint density at radius 2 is 1.29 bits per heavy atom. The van der Waals surface area contributed by atoms with E-state index in [1.54, 1.807) is 24.3 Å². The Labute approximate surface area is 180 Å². The maximum atomic E-state index is 13.3. The number of anilines is 2. The Kier molecular flexibility index (Phi) is 6.54. The standard InChI is InChI=1S/C26H26F3NO/c1-16(2)20-9-7-10-21(17(3)4)24(20)30-23-11-6-5-8-22(25(23)31)18-12-14-19(15-13-18)26(27,28)29/h5-17H,1-4H3,(H,30,31). The molecule has 2 nitrogen and oxygen atoms in total. The van der Waals surface area contributed by atoms with Crippen LogP contribution in [-0.4, -0.2) is 0 Å². The normalized spacial score (nSPS) is 11.8. The van der Waals surface area contributed by atoms with Crippen LogP contribution < -0.4 is 10.7 Å². The fraction of sp³-hybridized carbons (Fsp3) is 0.269. The van der Waals surface area contributed by atoms with Gasteiger partial charge in [0.15, 0.2) is 0 Å². The summed E-state index contributed by atoms with van der Waals surface area (Å²) in [5.41, 5.74) is 3.28. The summed E-state index contributed by atoms with van der Waals surface area (Å²) in [7, 11) is 0. The minimum Gasteiger partial charge on any atom is -0.352 e. The van der Waals surface area contributed by atoms with Crippen LogP contribution in [0, 0.1) is 0 Å². The van der Waals surface area contributed by atoms with Gasteiger partial charge in [0.2, 0.25) is 5.43 Å². The summed E-state index contributed by atoms with van der Waals surface area (Å²) < 4.78 is 38.7. The monoisotopic (exact) mass is 425 g/mol. The molecule has 5 heteroatoms. The van der Waals surface area contributed by atoms with Crippen molar-refractivity contribution < 1.29 is 13.2 Å². The molecule has 31 heavy (non-hydrogen) atoms. The minimum atomic E-state index is -4.42. The molecule has 0 radical (unpaired) electrons. The number of rotatable bonds is 5. The van der Waals surface area contributed by atoms with Crippen molar-refractivity contribution in [2.24, 2.45) is 0 Å². The number of para-hydroxylation sites is 1. The molecule has 0 aliphatic heterocycles. The Morgan fingerprint density at radius 3 is 1.81 bits per heavy atom. The molecular weight excluding hydrogens is 399 g/mol. The molecule has 0 saturated heterocycles. The van der Waals surface area contributed by atoms with Gasteiger partial charge in [0, 0.05) is 11.3 Å². The molecule has 0 bridgehead atoms. The zero-order valence-electron chi connectivity index (χ0n) is 18.0. The van der Waals surface area contributed by atoms with E-state index in [1.165, 1.54) is 12.1 Å². The second kappa shape index (κ2) is 8.96. The molecule has 3 rings (SSSR count). The molecule has 0 atom stereocenters. The molecule has 0 unspecified atom stereocenters. The van der Waals surface area contributed by atoms with Crippen molar-refractivity contribution in [2.45, 2.75) is 45.7 Å². The highest BCUT2D eigenvalue weighted by atomic mass is 19.4. The molecule has 0 aromatic heterocycles. The van der Waals surface area contributed by atoms with Crippen molar-refractivity contribution in [1.82, 2.24) is 0 Å². The Balaban J connectivity index is 2.11. The summed E-state index contributed by atoms with van der Waals surface area (Å²) in [5.74, 6) is 0.506. The fourth-order valence-electron chi connectivity index (χ4n) is 3.59. The molecule has 0 spiro atoms. The summed E-state index contributed by atoms with van der Waals surface area (Å²) in [6, 6.07) is 17.6. The van der Waals surface area contributed by atoms with Crippen molar-refractivity contribution in [1.29, 1.82) is 0 Å². The second-order valence-electron chi connectivity index (χ2n) is 8.20. The maximum absolute atomic E-state index is 13.3. The predicted octanol–water partition coefficient (Wildman–Crippen LogP) is 7.72. The van der Waals surface area contributed by atoms with Crippen molar-refractivity contribution in [2.75, 3.05) is 5.32 Å². The van der Waals surface area contributed by atoms with Crippen molar-refractivity contribution >= 4 is 11.4 Å². The SMILES string of the molecule is CC(C)c1cccc(C(C)C)c1Nc1ccccc(-c2ccc(C(F)(F)F)cc2)c1=O. The van der Waals surface area contributed by atoms with Gasteiger partial charge in [-0.15, -0.1) is 0 Å². The third-order valence-corrected chi connectivity index (χ3v) is 5.28. The number of benzene rings is 2. The molecule has 0 amide bonds. The summed E-state index contributed by atoms with van der Waals surface area (Å²) >= 11 is 0. The van der Waals surface area contributed by atoms with Crippen LogP contribution in [0.25, 0.3) is 11.1 Å². The van der Waals surface area contributed by atoms with Crippen LogP contribution >= 0.6 is 0 Å². The average Bonchev–Trinajstić information content (AvgIpc) is 2.89. The quantitative estimate of drug-likeness (QED) is 0.453. The first-order valence-electron chi connectivity index (χ1n) is 10.3. The highest BCUT2D eigenvalue weighted by Gasteiger charge is 2.30. The molecule has 0 saturated carbocycles. The van der Waals surface area contributed by atoms with E-state index in [1.807, 2.05) is 18.2 Å². The van der Waals surface area contributed by atoms with E-state index in [2.05, 4.69) is 33.0 Å². The van der Waals surface area contributed by atoms with Gasteiger partial charge in [-0.3, -0.25) is 4.79 Å². The summed E-state index contributed by atoms with van der Waals surface area (Å²) in [5, 5.41) is 3.35. The van der Waals surface area contributed by atoms with E-state index < -0.39 is 11.7 Å². The number of hydrogen-bond acceptors (Lipinski definition) is 2. The van der Waals surface area contributed by atoms with E-state index >= 15 is 0 Å². The number of nitrogens with one attached hydrogen (secondary N) is 1. The van der Waals surface area contributed by atoms with Crippen LogP contribution in [0.4, 0.5) is 24.5 Å². The fourth-order valence-corrected chi connectivity index (χ4v) is 3.59. The molecule has 3 aromatic carbocycles. The van der Waals surface area contributed by atoms with E-state index in [0.29, 0.717) is 16.8 Å². The Bertz CT molecular complexity index is 1090. The minimum absolute atomic E-state index is 0.253. The lowest BCUT2D eigenvalue weighted by atomic mass is 9.92.